The molecule has 0 rings (SSSR count). The van der Waals surface area contributed by atoms with Crippen molar-refractivity contribution < 1.29 is 8.42 Å². The van der Waals surface area contributed by atoms with Crippen LogP contribution in [0.5, 0.6) is 0 Å². The first-order valence-corrected chi connectivity index (χ1v) is 7.09. The van der Waals surface area contributed by atoms with Crippen LogP contribution in [0.15, 0.2) is 0 Å². The molecule has 0 aliphatic rings. The van der Waals surface area contributed by atoms with Gasteiger partial charge in [0.15, 0.2) is 0 Å². The van der Waals surface area contributed by atoms with Crippen molar-refractivity contribution in [3.05, 3.63) is 0 Å². The minimum atomic E-state index is -2.81. The average molecular weight is 222 g/mol. The summed E-state index contributed by atoms with van der Waals surface area (Å²) in [5, 5.41) is 6.39. The molecule has 0 atom stereocenters. The summed E-state index contributed by atoms with van der Waals surface area (Å²) in [6.07, 6.45) is 2.29. The van der Waals surface area contributed by atoms with Crippen LogP contribution in [0.4, 0.5) is 0 Å². The van der Waals surface area contributed by atoms with E-state index in [0.29, 0.717) is 12.6 Å². The van der Waals surface area contributed by atoms with E-state index >= 15 is 0 Å². The van der Waals surface area contributed by atoms with Crippen LogP contribution >= 0.6 is 0 Å². The van der Waals surface area contributed by atoms with E-state index in [-0.39, 0.29) is 5.75 Å². The summed E-state index contributed by atoms with van der Waals surface area (Å²) in [7, 11) is -2.81. The predicted molar refractivity (Wildman–Crippen MR) is 60.3 cm³/mol. The predicted octanol–water partition coefficient (Wildman–Crippen LogP) is 0.00870. The first-order valence-electron chi connectivity index (χ1n) is 5.03. The standard InChI is InChI=1S/C9H22N2O2S/c1-9(2)11-6-4-5-10-7-8-14(3,12)13/h9-11H,4-8H2,1-3H3. The van der Waals surface area contributed by atoms with Crippen LogP contribution in [0, 0.1) is 0 Å². The maximum atomic E-state index is 10.8. The Morgan fingerprint density at radius 1 is 1.14 bits per heavy atom. The summed E-state index contributed by atoms with van der Waals surface area (Å²) in [6, 6.07) is 0.519. The molecule has 0 spiro atoms. The van der Waals surface area contributed by atoms with E-state index < -0.39 is 9.84 Å². The van der Waals surface area contributed by atoms with Gasteiger partial charge < -0.3 is 10.6 Å². The normalized spacial score (nSPS) is 12.3. The highest BCUT2D eigenvalue weighted by Crippen LogP contribution is 1.81. The van der Waals surface area contributed by atoms with Crippen LogP contribution in [0.2, 0.25) is 0 Å². The van der Waals surface area contributed by atoms with Crippen molar-refractivity contribution in [1.82, 2.24) is 10.6 Å². The minimum Gasteiger partial charge on any atom is -0.316 e. The van der Waals surface area contributed by atoms with Gasteiger partial charge in [-0.3, -0.25) is 0 Å². The number of sulfone groups is 1. The van der Waals surface area contributed by atoms with Crippen LogP contribution < -0.4 is 10.6 Å². The number of hydrogen-bond donors (Lipinski definition) is 2. The molecule has 0 unspecified atom stereocenters. The molecule has 0 aromatic rings. The fraction of sp³-hybridized carbons (Fsp3) is 1.00. The molecule has 4 nitrogen and oxygen atoms in total. The Morgan fingerprint density at radius 3 is 2.29 bits per heavy atom. The fourth-order valence-corrected chi connectivity index (χ4v) is 1.50. The lowest BCUT2D eigenvalue weighted by molar-refractivity contribution is 0.551. The molecule has 5 heteroatoms. The van der Waals surface area contributed by atoms with Crippen molar-refractivity contribution >= 4 is 9.84 Å². The fourth-order valence-electron chi connectivity index (χ4n) is 0.987. The highest BCUT2D eigenvalue weighted by Gasteiger charge is 1.99. The second-order valence-electron chi connectivity index (χ2n) is 3.84. The van der Waals surface area contributed by atoms with Crippen LogP contribution in [-0.2, 0) is 9.84 Å². The highest BCUT2D eigenvalue weighted by molar-refractivity contribution is 7.90. The van der Waals surface area contributed by atoms with Crippen molar-refractivity contribution in [1.29, 1.82) is 0 Å². The van der Waals surface area contributed by atoms with Crippen molar-refractivity contribution in [2.24, 2.45) is 0 Å². The average Bonchev–Trinajstić information content (AvgIpc) is 2.00. The van der Waals surface area contributed by atoms with Gasteiger partial charge in [0.1, 0.15) is 9.84 Å². The second kappa shape index (κ2) is 7.20. The molecular formula is C9H22N2O2S. The molecule has 0 aromatic carbocycles. The lowest BCUT2D eigenvalue weighted by Crippen LogP contribution is -2.28. The summed E-state index contributed by atoms with van der Waals surface area (Å²) in [4.78, 5) is 0. The third-order valence-corrected chi connectivity index (χ3v) is 2.68. The van der Waals surface area contributed by atoms with E-state index in [1.165, 1.54) is 6.26 Å². The summed E-state index contributed by atoms with van der Waals surface area (Å²) in [5.74, 6) is 0.227. The van der Waals surface area contributed by atoms with E-state index in [1.807, 2.05) is 0 Å². The lowest BCUT2D eigenvalue weighted by Gasteiger charge is -2.08. The van der Waals surface area contributed by atoms with Crippen molar-refractivity contribution in [2.45, 2.75) is 26.3 Å². The Labute approximate surface area is 87.4 Å². The minimum absolute atomic E-state index is 0.227. The molecule has 14 heavy (non-hydrogen) atoms. The molecule has 0 aliphatic carbocycles. The van der Waals surface area contributed by atoms with Gasteiger partial charge in [0, 0.05) is 18.8 Å². The van der Waals surface area contributed by atoms with Gasteiger partial charge >= 0.3 is 0 Å². The van der Waals surface area contributed by atoms with E-state index in [1.54, 1.807) is 0 Å². The SMILES string of the molecule is CC(C)NCCCNCCS(C)(=O)=O. The van der Waals surface area contributed by atoms with Gasteiger partial charge in [0.2, 0.25) is 0 Å². The maximum absolute atomic E-state index is 10.8. The number of hydrogen-bond acceptors (Lipinski definition) is 4. The molecule has 0 aromatic heterocycles. The maximum Gasteiger partial charge on any atom is 0.148 e. The Bertz CT molecular complexity index is 225. The largest absolute Gasteiger partial charge is 0.316 e. The van der Waals surface area contributed by atoms with Gasteiger partial charge in [0.25, 0.3) is 0 Å². The Kier molecular flexibility index (Phi) is 7.13. The molecule has 86 valence electrons. The quantitative estimate of drug-likeness (QED) is 0.568. The lowest BCUT2D eigenvalue weighted by atomic mass is 10.3. The van der Waals surface area contributed by atoms with Gasteiger partial charge in [-0.2, -0.15) is 0 Å². The molecule has 2 N–H and O–H groups in total. The van der Waals surface area contributed by atoms with E-state index in [4.69, 9.17) is 0 Å². The third-order valence-electron chi connectivity index (χ3n) is 1.73. The Balaban J connectivity index is 3.15. The molecular weight excluding hydrogens is 200 g/mol. The second-order valence-corrected chi connectivity index (χ2v) is 6.10. The Hall–Kier alpha value is -0.130. The topological polar surface area (TPSA) is 58.2 Å². The third kappa shape index (κ3) is 11.9. The summed E-state index contributed by atoms with van der Waals surface area (Å²) in [6.45, 7) is 6.62. The van der Waals surface area contributed by atoms with Gasteiger partial charge in [-0.05, 0) is 19.5 Å². The first kappa shape index (κ1) is 13.9. The van der Waals surface area contributed by atoms with Crippen molar-refractivity contribution in [3.8, 4) is 0 Å². The van der Waals surface area contributed by atoms with Gasteiger partial charge in [-0.1, -0.05) is 13.8 Å². The first-order chi connectivity index (χ1) is 6.42. The van der Waals surface area contributed by atoms with E-state index in [2.05, 4.69) is 24.5 Å². The van der Waals surface area contributed by atoms with Crippen LogP contribution in [0.3, 0.4) is 0 Å². The molecule has 0 bridgehead atoms. The molecule has 0 aliphatic heterocycles. The van der Waals surface area contributed by atoms with Crippen molar-refractivity contribution in [2.75, 3.05) is 31.6 Å². The summed E-state index contributed by atoms with van der Waals surface area (Å²) in [5.41, 5.74) is 0. The van der Waals surface area contributed by atoms with Crippen LogP contribution in [0.1, 0.15) is 20.3 Å². The van der Waals surface area contributed by atoms with Gasteiger partial charge in [-0.15, -0.1) is 0 Å². The van der Waals surface area contributed by atoms with E-state index in [0.717, 1.165) is 19.5 Å². The molecule has 0 heterocycles. The molecule has 0 saturated heterocycles. The zero-order valence-corrected chi connectivity index (χ0v) is 10.2. The number of nitrogens with one attached hydrogen (secondary N) is 2. The Morgan fingerprint density at radius 2 is 1.79 bits per heavy atom. The summed E-state index contributed by atoms with van der Waals surface area (Å²) >= 11 is 0. The van der Waals surface area contributed by atoms with Gasteiger partial charge in [-0.25, -0.2) is 8.42 Å². The van der Waals surface area contributed by atoms with Crippen molar-refractivity contribution in [3.63, 3.8) is 0 Å². The molecule has 0 amide bonds. The van der Waals surface area contributed by atoms with Gasteiger partial charge in [0.05, 0.1) is 5.75 Å². The molecule has 0 fully saturated rings. The van der Waals surface area contributed by atoms with Crippen LogP contribution in [0.25, 0.3) is 0 Å². The molecule has 0 radical (unpaired) electrons. The zero-order chi connectivity index (χ0) is 11.0. The van der Waals surface area contributed by atoms with E-state index in [9.17, 15) is 8.42 Å². The zero-order valence-electron chi connectivity index (χ0n) is 9.34. The molecule has 0 saturated carbocycles. The monoisotopic (exact) mass is 222 g/mol. The highest BCUT2D eigenvalue weighted by atomic mass is 32.2. The number of rotatable bonds is 8. The summed E-state index contributed by atoms with van der Waals surface area (Å²) < 4.78 is 21.5. The van der Waals surface area contributed by atoms with Crippen LogP contribution in [-0.4, -0.2) is 46.1 Å². The smallest absolute Gasteiger partial charge is 0.148 e.